The summed E-state index contributed by atoms with van der Waals surface area (Å²) < 4.78 is 11.3. The van der Waals surface area contributed by atoms with Crippen molar-refractivity contribution in [1.82, 2.24) is 10.2 Å². The summed E-state index contributed by atoms with van der Waals surface area (Å²) >= 11 is 0. The summed E-state index contributed by atoms with van der Waals surface area (Å²) in [6.07, 6.45) is 4.52. The molecule has 1 fully saturated rings. The van der Waals surface area contributed by atoms with Crippen molar-refractivity contribution in [3.8, 4) is 0 Å². The number of nitrogens with zero attached hydrogens (tertiary/aromatic N) is 1. The molecule has 0 aromatic carbocycles. The van der Waals surface area contributed by atoms with Crippen molar-refractivity contribution < 1.29 is 9.00 Å². The van der Waals surface area contributed by atoms with E-state index in [0.717, 1.165) is 19.3 Å². The van der Waals surface area contributed by atoms with E-state index in [1.165, 1.54) is 0 Å². The summed E-state index contributed by atoms with van der Waals surface area (Å²) in [7, 11) is -0.796. The Morgan fingerprint density at radius 1 is 1.14 bits per heavy atom. The molecule has 0 saturated carbocycles. The minimum Gasteiger partial charge on any atom is -0.323 e. The van der Waals surface area contributed by atoms with E-state index in [4.69, 9.17) is 0 Å². The van der Waals surface area contributed by atoms with Crippen molar-refractivity contribution in [2.75, 3.05) is 12.0 Å². The molecule has 124 valence electrons. The highest BCUT2D eigenvalue weighted by molar-refractivity contribution is 7.84. The highest BCUT2D eigenvalue weighted by Gasteiger charge is 2.41. The van der Waals surface area contributed by atoms with Crippen LogP contribution in [0.5, 0.6) is 0 Å². The van der Waals surface area contributed by atoms with Gasteiger partial charge >= 0.3 is 0 Å². The van der Waals surface area contributed by atoms with Crippen LogP contribution in [0.2, 0.25) is 0 Å². The summed E-state index contributed by atoms with van der Waals surface area (Å²) in [5.41, 5.74) is 0. The van der Waals surface area contributed by atoms with Crippen molar-refractivity contribution in [2.45, 2.75) is 72.1 Å². The van der Waals surface area contributed by atoms with Gasteiger partial charge in [0.15, 0.2) is 0 Å². The molecule has 0 aromatic rings. The summed E-state index contributed by atoms with van der Waals surface area (Å²) in [5, 5.41) is 3.52. The third kappa shape index (κ3) is 5.70. The lowest BCUT2D eigenvalue weighted by Crippen LogP contribution is -2.44. The Morgan fingerprint density at radius 2 is 1.71 bits per heavy atom. The van der Waals surface area contributed by atoms with Crippen molar-refractivity contribution in [1.29, 1.82) is 0 Å². The van der Waals surface area contributed by atoms with Crippen molar-refractivity contribution >= 4 is 16.7 Å². The molecule has 4 nitrogen and oxygen atoms in total. The second-order valence-corrected chi connectivity index (χ2v) is 8.71. The van der Waals surface area contributed by atoms with E-state index >= 15 is 0 Å². The third-order valence-corrected chi connectivity index (χ3v) is 4.79. The zero-order chi connectivity index (χ0) is 16.2. The third-order valence-electron chi connectivity index (χ3n) is 3.98. The van der Waals surface area contributed by atoms with Crippen LogP contribution in [0.4, 0.5) is 0 Å². The molecule has 1 amide bonds. The van der Waals surface area contributed by atoms with Gasteiger partial charge in [-0.05, 0) is 38.0 Å². The van der Waals surface area contributed by atoms with Gasteiger partial charge in [0, 0.05) is 28.9 Å². The molecule has 4 atom stereocenters. The van der Waals surface area contributed by atoms with Crippen LogP contribution < -0.4 is 5.32 Å². The van der Waals surface area contributed by atoms with Gasteiger partial charge in [-0.25, -0.2) is 0 Å². The van der Waals surface area contributed by atoms with Gasteiger partial charge in [-0.2, -0.15) is 0 Å². The van der Waals surface area contributed by atoms with Gasteiger partial charge in [0.05, 0.1) is 12.2 Å². The zero-order valence-electron chi connectivity index (χ0n) is 14.4. The summed E-state index contributed by atoms with van der Waals surface area (Å²) in [4.78, 5) is 14.7. The highest BCUT2D eigenvalue weighted by Crippen LogP contribution is 2.24. The van der Waals surface area contributed by atoms with Crippen LogP contribution in [0.3, 0.4) is 0 Å². The Morgan fingerprint density at radius 3 is 2.19 bits per heavy atom. The van der Waals surface area contributed by atoms with E-state index in [-0.39, 0.29) is 24.2 Å². The van der Waals surface area contributed by atoms with E-state index < -0.39 is 10.8 Å². The van der Waals surface area contributed by atoms with E-state index in [2.05, 4.69) is 39.9 Å². The van der Waals surface area contributed by atoms with Gasteiger partial charge < -0.3 is 4.90 Å². The van der Waals surface area contributed by atoms with E-state index in [1.54, 1.807) is 6.26 Å². The quantitative estimate of drug-likeness (QED) is 0.748. The SMILES string of the molecule is CC(C)CC1NC(CC(C)C)N(C(C)CCS(C)=O)C1=O. The number of hydrogen-bond donors (Lipinski definition) is 1. The maximum absolute atomic E-state index is 12.7. The second kappa shape index (κ2) is 8.28. The van der Waals surface area contributed by atoms with Gasteiger partial charge in [0.2, 0.25) is 5.91 Å². The standard InChI is InChI=1S/C16H32N2O2S/c1-11(2)9-14-16(19)18(13(5)7-8-21(6)20)15(17-14)10-12(3)4/h11-15,17H,7-10H2,1-6H3. The van der Waals surface area contributed by atoms with E-state index in [1.807, 2.05) is 4.90 Å². The van der Waals surface area contributed by atoms with Crippen molar-refractivity contribution in [2.24, 2.45) is 11.8 Å². The lowest BCUT2D eigenvalue weighted by Gasteiger charge is -2.31. The maximum atomic E-state index is 12.7. The lowest BCUT2D eigenvalue weighted by molar-refractivity contribution is -0.132. The van der Waals surface area contributed by atoms with Gasteiger partial charge in [-0.1, -0.05) is 27.7 Å². The first kappa shape index (κ1) is 18.6. The number of carbonyl (C=O) groups is 1. The van der Waals surface area contributed by atoms with Crippen LogP contribution in [-0.2, 0) is 15.6 Å². The molecule has 5 heteroatoms. The first-order valence-corrected chi connectivity index (χ1v) is 9.83. The average Bonchev–Trinajstić information content (AvgIpc) is 2.61. The van der Waals surface area contributed by atoms with Gasteiger partial charge in [-0.3, -0.25) is 14.3 Å². The molecule has 1 rings (SSSR count). The molecule has 1 aliphatic rings. The molecule has 0 aliphatic carbocycles. The molecule has 1 aliphatic heterocycles. The van der Waals surface area contributed by atoms with E-state index in [9.17, 15) is 9.00 Å². The van der Waals surface area contributed by atoms with Crippen LogP contribution in [-0.4, -0.2) is 45.3 Å². The summed E-state index contributed by atoms with van der Waals surface area (Å²) in [5.74, 6) is 1.94. The Hall–Kier alpha value is -0.420. The molecule has 1 N–H and O–H groups in total. The van der Waals surface area contributed by atoms with Gasteiger partial charge in [-0.15, -0.1) is 0 Å². The molecular weight excluding hydrogens is 284 g/mol. The molecule has 4 unspecified atom stereocenters. The largest absolute Gasteiger partial charge is 0.323 e. The van der Waals surface area contributed by atoms with Crippen LogP contribution in [0, 0.1) is 11.8 Å². The highest BCUT2D eigenvalue weighted by atomic mass is 32.2. The number of carbonyl (C=O) groups excluding carboxylic acids is 1. The summed E-state index contributed by atoms with van der Waals surface area (Å²) in [6.45, 7) is 10.8. The molecule has 0 radical (unpaired) electrons. The number of hydrogen-bond acceptors (Lipinski definition) is 3. The van der Waals surface area contributed by atoms with Crippen molar-refractivity contribution in [3.05, 3.63) is 0 Å². The van der Waals surface area contributed by atoms with Crippen LogP contribution in [0.15, 0.2) is 0 Å². The van der Waals surface area contributed by atoms with E-state index in [0.29, 0.717) is 17.6 Å². The molecule has 0 aromatic heterocycles. The Kier molecular flexibility index (Phi) is 7.34. The normalized spacial score (nSPS) is 25.9. The maximum Gasteiger partial charge on any atom is 0.241 e. The fourth-order valence-corrected chi connectivity index (χ4v) is 3.66. The fourth-order valence-electron chi connectivity index (χ4n) is 2.99. The van der Waals surface area contributed by atoms with Gasteiger partial charge in [0.1, 0.15) is 0 Å². The minimum atomic E-state index is -0.796. The van der Waals surface area contributed by atoms with Crippen molar-refractivity contribution in [3.63, 3.8) is 0 Å². The van der Waals surface area contributed by atoms with Crippen LogP contribution in [0.25, 0.3) is 0 Å². The smallest absolute Gasteiger partial charge is 0.241 e. The lowest BCUT2D eigenvalue weighted by atomic mass is 10.0. The predicted octanol–water partition coefficient (Wildman–Crippen LogP) is 2.36. The number of rotatable bonds is 8. The Bertz CT molecular complexity index is 371. The molecule has 0 spiro atoms. The van der Waals surface area contributed by atoms with Gasteiger partial charge in [0.25, 0.3) is 0 Å². The first-order chi connectivity index (χ1) is 9.72. The fraction of sp³-hybridized carbons (Fsp3) is 0.938. The predicted molar refractivity (Wildman–Crippen MR) is 89.5 cm³/mol. The average molecular weight is 317 g/mol. The molecule has 0 bridgehead atoms. The monoisotopic (exact) mass is 316 g/mol. The summed E-state index contributed by atoms with van der Waals surface area (Å²) in [6, 6.07) is 0.0955. The Labute approximate surface area is 132 Å². The Balaban J connectivity index is 2.78. The molecular formula is C16H32N2O2S. The van der Waals surface area contributed by atoms with Crippen LogP contribution >= 0.6 is 0 Å². The number of amides is 1. The molecule has 1 heterocycles. The second-order valence-electron chi connectivity index (χ2n) is 7.15. The topological polar surface area (TPSA) is 49.4 Å². The molecule has 21 heavy (non-hydrogen) atoms. The molecule has 1 saturated heterocycles. The zero-order valence-corrected chi connectivity index (χ0v) is 15.2. The minimum absolute atomic E-state index is 0.0525. The number of nitrogens with one attached hydrogen (secondary N) is 1. The van der Waals surface area contributed by atoms with Crippen LogP contribution in [0.1, 0.15) is 53.9 Å². The first-order valence-electron chi connectivity index (χ1n) is 8.10.